The smallest absolute Gasteiger partial charge is 0.368 e. The minimum atomic E-state index is -4.61. The molecule has 6 heterocycles. The molecule has 2 N–H and O–H groups in total. The molecule has 4 aromatic heterocycles. The van der Waals surface area contributed by atoms with Crippen LogP contribution in [-0.2, 0) is 12.7 Å². The van der Waals surface area contributed by atoms with Crippen LogP contribution in [0.1, 0.15) is 11.1 Å². The number of pyridine rings is 3. The van der Waals surface area contributed by atoms with Gasteiger partial charge in [-0.3, -0.25) is 9.88 Å². The molecule has 0 radical (unpaired) electrons. The zero-order valence-electron chi connectivity index (χ0n) is 22.0. The number of amides is 2. The number of aromatic amines is 1. The molecule has 0 atom stereocenters. The number of fused-ring (bicyclic) bond motifs is 4. The third-order valence-electron chi connectivity index (χ3n) is 7.64. The highest BCUT2D eigenvalue weighted by molar-refractivity contribution is 6.09. The van der Waals surface area contributed by atoms with Crippen molar-refractivity contribution in [2.45, 2.75) is 12.7 Å². The van der Waals surface area contributed by atoms with Gasteiger partial charge in [0.05, 0.1) is 34.7 Å². The number of aromatic nitrogens is 4. The SMILES string of the molecule is CN1Cc2cnc3ccc(-c4c[nH]c5ncccc45)nc3c2N(c2ccc(N3CCNCC3)c(C(F)(F)F)c2)C1=O. The molecular weight excluding hydrogens is 533 g/mol. The lowest BCUT2D eigenvalue weighted by Crippen LogP contribution is -2.44. The molecule has 0 bridgehead atoms. The van der Waals surface area contributed by atoms with E-state index in [2.05, 4.69) is 20.3 Å². The zero-order chi connectivity index (χ0) is 28.3. The molecule has 2 aliphatic heterocycles. The number of alkyl halides is 3. The highest BCUT2D eigenvalue weighted by Gasteiger charge is 2.38. The van der Waals surface area contributed by atoms with Gasteiger partial charge in [0, 0.05) is 74.0 Å². The number of nitrogens with one attached hydrogen (secondary N) is 2. The Morgan fingerprint density at radius 1 is 1.02 bits per heavy atom. The molecule has 2 aliphatic rings. The Labute approximate surface area is 232 Å². The fourth-order valence-corrected chi connectivity index (χ4v) is 5.67. The maximum Gasteiger partial charge on any atom is 0.418 e. The van der Waals surface area contributed by atoms with E-state index in [9.17, 15) is 18.0 Å². The van der Waals surface area contributed by atoms with Gasteiger partial charge >= 0.3 is 12.2 Å². The summed E-state index contributed by atoms with van der Waals surface area (Å²) in [7, 11) is 1.62. The number of nitrogens with zero attached hydrogens (tertiary/aromatic N) is 6. The lowest BCUT2D eigenvalue weighted by molar-refractivity contribution is -0.137. The number of halogens is 3. The molecule has 0 aliphatic carbocycles. The molecule has 2 amide bonds. The normalized spacial score (nSPS) is 16.1. The van der Waals surface area contributed by atoms with Gasteiger partial charge in [0.15, 0.2) is 0 Å². The van der Waals surface area contributed by atoms with E-state index in [1.807, 2.05) is 30.5 Å². The topological polar surface area (TPSA) is 93.3 Å². The molecule has 208 valence electrons. The summed E-state index contributed by atoms with van der Waals surface area (Å²) in [5.41, 5.74) is 3.67. The molecule has 1 saturated heterocycles. The second kappa shape index (κ2) is 9.44. The van der Waals surface area contributed by atoms with E-state index >= 15 is 0 Å². The van der Waals surface area contributed by atoms with Crippen LogP contribution in [0.25, 0.3) is 33.3 Å². The molecule has 7 rings (SSSR count). The summed E-state index contributed by atoms with van der Waals surface area (Å²) < 4.78 is 43.3. The number of H-pyrrole nitrogens is 1. The molecule has 9 nitrogen and oxygen atoms in total. The van der Waals surface area contributed by atoms with E-state index in [1.165, 1.54) is 15.9 Å². The number of rotatable bonds is 3. The third kappa shape index (κ3) is 4.22. The fourth-order valence-electron chi connectivity index (χ4n) is 5.67. The Hall–Kier alpha value is -4.71. The Morgan fingerprint density at radius 2 is 1.85 bits per heavy atom. The van der Waals surface area contributed by atoms with Gasteiger partial charge in [-0.15, -0.1) is 0 Å². The minimum absolute atomic E-state index is 0.105. The van der Waals surface area contributed by atoms with Gasteiger partial charge < -0.3 is 20.1 Å². The molecule has 0 saturated carbocycles. The van der Waals surface area contributed by atoms with Crippen molar-refractivity contribution in [1.82, 2.24) is 30.2 Å². The standard InChI is InChI=1S/C29H25F3N8O/c1-38-16-17-14-35-23-6-5-22(20-15-36-27-19(20)3-2-8-34-27)37-25(23)26(17)40(28(38)41)18-4-7-24(21(13-18)29(30,31)32)39-11-9-33-10-12-39/h2-8,13-15,33H,9-12,16H2,1H3,(H,34,36). The first-order valence-corrected chi connectivity index (χ1v) is 13.2. The molecular formula is C29H25F3N8O. The average Bonchev–Trinajstić information content (AvgIpc) is 3.42. The van der Waals surface area contributed by atoms with Crippen LogP contribution >= 0.6 is 0 Å². The van der Waals surface area contributed by atoms with Crippen LogP contribution in [0, 0.1) is 0 Å². The minimum Gasteiger partial charge on any atom is -0.368 e. The molecule has 5 aromatic rings. The van der Waals surface area contributed by atoms with Crippen LogP contribution in [0.5, 0.6) is 0 Å². The van der Waals surface area contributed by atoms with Gasteiger partial charge in [0.25, 0.3) is 0 Å². The molecule has 41 heavy (non-hydrogen) atoms. The molecule has 1 fully saturated rings. The maximum absolute atomic E-state index is 14.4. The van der Waals surface area contributed by atoms with Gasteiger partial charge in [0.1, 0.15) is 11.2 Å². The highest BCUT2D eigenvalue weighted by atomic mass is 19.4. The molecule has 0 unspecified atom stereocenters. The second-order valence-corrected chi connectivity index (χ2v) is 10.2. The summed E-state index contributed by atoms with van der Waals surface area (Å²) in [5, 5.41) is 4.05. The summed E-state index contributed by atoms with van der Waals surface area (Å²) in [6.45, 7) is 2.37. The van der Waals surface area contributed by atoms with Gasteiger partial charge in [-0.2, -0.15) is 13.2 Å². The Kier molecular flexibility index (Phi) is 5.82. The number of carbonyl (C=O) groups is 1. The Morgan fingerprint density at radius 3 is 2.66 bits per heavy atom. The van der Waals surface area contributed by atoms with Crippen molar-refractivity contribution in [1.29, 1.82) is 0 Å². The summed E-state index contributed by atoms with van der Waals surface area (Å²) in [6, 6.07) is 11.1. The predicted octanol–water partition coefficient (Wildman–Crippen LogP) is 5.31. The monoisotopic (exact) mass is 558 g/mol. The van der Waals surface area contributed by atoms with E-state index in [-0.39, 0.29) is 17.9 Å². The van der Waals surface area contributed by atoms with Crippen LogP contribution in [0.2, 0.25) is 0 Å². The number of hydrogen-bond donors (Lipinski definition) is 2. The van der Waals surface area contributed by atoms with Crippen molar-refractivity contribution in [2.24, 2.45) is 0 Å². The van der Waals surface area contributed by atoms with Gasteiger partial charge in [-0.1, -0.05) is 0 Å². The number of hydrogen-bond acceptors (Lipinski definition) is 6. The van der Waals surface area contributed by atoms with Crippen LogP contribution in [0.3, 0.4) is 0 Å². The summed E-state index contributed by atoms with van der Waals surface area (Å²) in [5.74, 6) is 0. The summed E-state index contributed by atoms with van der Waals surface area (Å²) >= 11 is 0. The van der Waals surface area contributed by atoms with Gasteiger partial charge in [0.2, 0.25) is 0 Å². The number of benzene rings is 1. The number of carbonyl (C=O) groups excluding carboxylic acids is 1. The van der Waals surface area contributed by atoms with Crippen LogP contribution in [0.15, 0.2) is 61.1 Å². The Balaban J connectivity index is 1.42. The first kappa shape index (κ1) is 25.3. The quantitative estimate of drug-likeness (QED) is 0.312. The second-order valence-electron chi connectivity index (χ2n) is 10.2. The first-order chi connectivity index (χ1) is 19.8. The van der Waals surface area contributed by atoms with E-state index in [0.717, 1.165) is 17.0 Å². The van der Waals surface area contributed by atoms with Crippen molar-refractivity contribution in [2.75, 3.05) is 43.0 Å². The number of urea groups is 1. The lowest BCUT2D eigenvalue weighted by Gasteiger charge is -2.36. The fraction of sp³-hybridized carbons (Fsp3) is 0.241. The molecule has 12 heteroatoms. The van der Waals surface area contributed by atoms with Crippen LogP contribution in [0.4, 0.5) is 35.0 Å². The number of piperazine rings is 1. The van der Waals surface area contributed by atoms with Crippen LogP contribution in [-0.4, -0.2) is 64.1 Å². The highest BCUT2D eigenvalue weighted by Crippen LogP contribution is 2.44. The van der Waals surface area contributed by atoms with Crippen molar-refractivity contribution >= 4 is 45.2 Å². The van der Waals surface area contributed by atoms with Crippen molar-refractivity contribution in [3.63, 3.8) is 0 Å². The molecule has 1 aromatic carbocycles. The molecule has 0 spiro atoms. The lowest BCUT2D eigenvalue weighted by atomic mass is 10.0. The summed E-state index contributed by atoms with van der Waals surface area (Å²) in [6.07, 6.45) is 0.554. The largest absolute Gasteiger partial charge is 0.418 e. The zero-order valence-corrected chi connectivity index (χ0v) is 22.0. The van der Waals surface area contributed by atoms with Crippen molar-refractivity contribution < 1.29 is 18.0 Å². The van der Waals surface area contributed by atoms with E-state index in [4.69, 9.17) is 4.98 Å². The number of anilines is 3. The van der Waals surface area contributed by atoms with Crippen molar-refractivity contribution in [3.8, 4) is 11.3 Å². The van der Waals surface area contributed by atoms with E-state index < -0.39 is 17.8 Å². The van der Waals surface area contributed by atoms with Crippen molar-refractivity contribution in [3.05, 3.63) is 72.2 Å². The average molecular weight is 559 g/mol. The van der Waals surface area contributed by atoms with Crippen LogP contribution < -0.4 is 15.1 Å². The van der Waals surface area contributed by atoms with Gasteiger partial charge in [-0.25, -0.2) is 14.8 Å². The van der Waals surface area contributed by atoms with E-state index in [1.54, 1.807) is 30.4 Å². The Bertz CT molecular complexity index is 1810. The van der Waals surface area contributed by atoms with Gasteiger partial charge in [-0.05, 0) is 42.5 Å². The van der Waals surface area contributed by atoms with E-state index in [0.29, 0.717) is 59.8 Å². The predicted molar refractivity (Wildman–Crippen MR) is 150 cm³/mol. The maximum atomic E-state index is 14.4. The first-order valence-electron chi connectivity index (χ1n) is 13.2. The third-order valence-corrected chi connectivity index (χ3v) is 7.64. The summed E-state index contributed by atoms with van der Waals surface area (Å²) in [4.78, 5) is 35.1.